The normalized spacial score (nSPS) is 12.7. The van der Waals surface area contributed by atoms with E-state index in [-0.39, 0.29) is 5.82 Å². The van der Waals surface area contributed by atoms with Crippen molar-refractivity contribution in [1.29, 1.82) is 0 Å². The van der Waals surface area contributed by atoms with Crippen LogP contribution in [-0.4, -0.2) is 39.0 Å². The highest BCUT2D eigenvalue weighted by Gasteiger charge is 2.42. The van der Waals surface area contributed by atoms with Crippen molar-refractivity contribution in [3.05, 3.63) is 12.2 Å². The van der Waals surface area contributed by atoms with Crippen molar-refractivity contribution in [2.45, 2.75) is 24.3 Å². The Morgan fingerprint density at radius 3 is 2.50 bits per heavy atom. The van der Waals surface area contributed by atoms with Gasteiger partial charge in [-0.25, -0.2) is 13.4 Å². The first-order valence-corrected chi connectivity index (χ1v) is 6.12. The Bertz CT molecular complexity index is 503. The lowest BCUT2D eigenvalue weighted by Gasteiger charge is -2.19. The minimum atomic E-state index is -3.83. The molecule has 0 bridgehead atoms. The van der Waals surface area contributed by atoms with Crippen molar-refractivity contribution < 1.29 is 18.3 Å². The fourth-order valence-corrected chi connectivity index (χ4v) is 2.16. The summed E-state index contributed by atoms with van der Waals surface area (Å²) in [7, 11) is -2.28. The molecule has 0 saturated carbocycles. The van der Waals surface area contributed by atoms with Gasteiger partial charge in [0.15, 0.2) is 14.6 Å². The van der Waals surface area contributed by atoms with Crippen LogP contribution in [0.2, 0.25) is 0 Å². The van der Waals surface area contributed by atoms with E-state index in [1.54, 1.807) is 7.05 Å². The van der Waals surface area contributed by atoms with Crippen molar-refractivity contribution in [1.82, 2.24) is 14.8 Å². The van der Waals surface area contributed by atoms with Crippen molar-refractivity contribution in [2.75, 3.05) is 0 Å². The van der Waals surface area contributed by atoms with Crippen molar-refractivity contribution >= 4 is 15.8 Å². The van der Waals surface area contributed by atoms with E-state index in [0.29, 0.717) is 0 Å². The molecule has 0 unspecified atom stereocenters. The van der Waals surface area contributed by atoms with Crippen LogP contribution in [0.25, 0.3) is 0 Å². The molecule has 0 aliphatic rings. The van der Waals surface area contributed by atoms with Gasteiger partial charge in [0.2, 0.25) is 0 Å². The lowest BCUT2D eigenvalue weighted by Crippen LogP contribution is -2.41. The largest absolute Gasteiger partial charge is 0.480 e. The molecule has 0 aromatic carbocycles. The summed E-state index contributed by atoms with van der Waals surface area (Å²) in [6, 6.07) is 0. The number of hydrogen-bond donors (Lipinski definition) is 1. The van der Waals surface area contributed by atoms with Gasteiger partial charge in [-0.3, -0.25) is 9.48 Å². The first-order valence-electron chi connectivity index (χ1n) is 4.47. The Balaban J connectivity index is 3.06. The first kappa shape index (κ1) is 12.6. The molecule has 1 heterocycles. The highest BCUT2D eigenvalue weighted by atomic mass is 32.2. The number of sulfone groups is 1. The van der Waals surface area contributed by atoms with Gasteiger partial charge < -0.3 is 5.11 Å². The summed E-state index contributed by atoms with van der Waals surface area (Å²) < 4.78 is 23.2. The van der Waals surface area contributed by atoms with Crippen LogP contribution >= 0.6 is 0 Å². The maximum absolute atomic E-state index is 11.9. The maximum Gasteiger partial charge on any atom is 0.324 e. The van der Waals surface area contributed by atoms with Crippen molar-refractivity contribution in [3.63, 3.8) is 0 Å². The number of hydrogen-bond acceptors (Lipinski definition) is 5. The SMILES string of the molecule is Cn1ncnc1CS(=O)(=O)C(C)(C)C(=O)O. The van der Waals surface area contributed by atoms with Crippen LogP contribution in [0.3, 0.4) is 0 Å². The average molecular weight is 247 g/mol. The molecule has 0 atom stereocenters. The number of nitrogens with zero attached hydrogens (tertiary/aromatic N) is 3. The number of carboxylic acids is 1. The molecule has 0 saturated heterocycles. The highest BCUT2D eigenvalue weighted by molar-refractivity contribution is 7.92. The van der Waals surface area contributed by atoms with Gasteiger partial charge >= 0.3 is 5.97 Å². The van der Waals surface area contributed by atoms with Crippen LogP contribution in [0.4, 0.5) is 0 Å². The molecular formula is C8H13N3O4S. The molecule has 90 valence electrons. The van der Waals surface area contributed by atoms with E-state index in [1.807, 2.05) is 0 Å². The molecule has 1 rings (SSSR count). The van der Waals surface area contributed by atoms with Gasteiger partial charge in [0.1, 0.15) is 17.9 Å². The number of carbonyl (C=O) groups is 1. The minimum absolute atomic E-state index is 0.217. The molecule has 0 aliphatic carbocycles. The van der Waals surface area contributed by atoms with Crippen LogP contribution < -0.4 is 0 Å². The molecule has 0 spiro atoms. The predicted octanol–water partition coefficient (Wildman–Crippen LogP) is -0.407. The molecule has 0 fully saturated rings. The smallest absolute Gasteiger partial charge is 0.324 e. The third-order valence-corrected chi connectivity index (χ3v) is 4.78. The summed E-state index contributed by atoms with van der Waals surface area (Å²) in [4.78, 5) is 14.6. The van der Waals surface area contributed by atoms with E-state index in [0.717, 1.165) is 13.8 Å². The van der Waals surface area contributed by atoms with E-state index in [4.69, 9.17) is 5.11 Å². The molecule has 0 amide bonds. The number of aromatic nitrogens is 3. The second kappa shape index (κ2) is 3.85. The van der Waals surface area contributed by atoms with E-state index >= 15 is 0 Å². The van der Waals surface area contributed by atoms with Gasteiger partial charge in [-0.1, -0.05) is 0 Å². The zero-order chi connectivity index (χ0) is 12.6. The quantitative estimate of drug-likeness (QED) is 0.776. The number of rotatable bonds is 4. The van der Waals surface area contributed by atoms with Gasteiger partial charge in [0.25, 0.3) is 0 Å². The second-order valence-electron chi connectivity index (χ2n) is 3.87. The van der Waals surface area contributed by atoms with E-state index in [1.165, 1.54) is 11.0 Å². The lowest BCUT2D eigenvalue weighted by atomic mass is 10.2. The van der Waals surface area contributed by atoms with E-state index in [9.17, 15) is 13.2 Å². The third-order valence-electron chi connectivity index (χ3n) is 2.42. The molecule has 0 aliphatic heterocycles. The summed E-state index contributed by atoms with van der Waals surface area (Å²) in [5.74, 6) is -1.60. The number of carboxylic acid groups (broad SMARTS) is 1. The molecule has 1 aromatic rings. The highest BCUT2D eigenvalue weighted by Crippen LogP contribution is 2.20. The zero-order valence-corrected chi connectivity index (χ0v) is 10.0. The van der Waals surface area contributed by atoms with Gasteiger partial charge in [-0.05, 0) is 13.8 Å². The first-order chi connectivity index (χ1) is 7.18. The van der Waals surface area contributed by atoms with Crippen LogP contribution in [0, 0.1) is 0 Å². The third kappa shape index (κ3) is 2.06. The van der Waals surface area contributed by atoms with Crippen LogP contribution in [0.5, 0.6) is 0 Å². The standard InChI is InChI=1S/C8H13N3O4S/c1-8(2,7(12)13)16(14,15)4-6-9-5-10-11(6)3/h5H,4H2,1-3H3,(H,12,13). The fourth-order valence-electron chi connectivity index (χ4n) is 0.934. The Labute approximate surface area is 93.0 Å². The number of aryl methyl sites for hydroxylation is 1. The van der Waals surface area contributed by atoms with Crippen LogP contribution in [0.1, 0.15) is 19.7 Å². The predicted molar refractivity (Wildman–Crippen MR) is 55.3 cm³/mol. The van der Waals surface area contributed by atoms with Crippen molar-refractivity contribution in [3.8, 4) is 0 Å². The molecule has 16 heavy (non-hydrogen) atoms. The molecule has 7 nitrogen and oxygen atoms in total. The van der Waals surface area contributed by atoms with Gasteiger partial charge in [0.05, 0.1) is 0 Å². The number of aliphatic carboxylic acids is 1. The zero-order valence-electron chi connectivity index (χ0n) is 9.21. The summed E-state index contributed by atoms with van der Waals surface area (Å²) in [6.45, 7) is 2.31. The van der Waals surface area contributed by atoms with E-state index in [2.05, 4.69) is 10.1 Å². The monoisotopic (exact) mass is 247 g/mol. The molecule has 8 heteroatoms. The Hall–Kier alpha value is -1.44. The fraction of sp³-hybridized carbons (Fsp3) is 0.625. The summed E-state index contributed by atoms with van der Waals surface area (Å²) >= 11 is 0. The topological polar surface area (TPSA) is 102 Å². The molecule has 1 aromatic heterocycles. The molecule has 0 radical (unpaired) electrons. The lowest BCUT2D eigenvalue weighted by molar-refractivity contribution is -0.139. The van der Waals surface area contributed by atoms with Gasteiger partial charge in [-0.2, -0.15) is 5.10 Å². The van der Waals surface area contributed by atoms with Gasteiger partial charge in [-0.15, -0.1) is 0 Å². The minimum Gasteiger partial charge on any atom is -0.480 e. The van der Waals surface area contributed by atoms with Crippen LogP contribution in [-0.2, 0) is 27.4 Å². The summed E-state index contributed by atoms with van der Waals surface area (Å²) in [5.41, 5.74) is 0. The Morgan fingerprint density at radius 1 is 1.56 bits per heavy atom. The summed E-state index contributed by atoms with van der Waals surface area (Å²) in [5, 5.41) is 12.6. The molecular weight excluding hydrogens is 234 g/mol. The maximum atomic E-state index is 11.9. The van der Waals surface area contributed by atoms with E-state index < -0.39 is 26.3 Å². The molecule has 1 N–H and O–H groups in total. The average Bonchev–Trinajstić information content (AvgIpc) is 2.50. The summed E-state index contributed by atoms with van der Waals surface area (Å²) in [6.07, 6.45) is 1.22. The second-order valence-corrected chi connectivity index (χ2v) is 6.41. The van der Waals surface area contributed by atoms with Gasteiger partial charge in [0, 0.05) is 7.05 Å². The van der Waals surface area contributed by atoms with Crippen molar-refractivity contribution in [2.24, 2.45) is 7.05 Å². The Morgan fingerprint density at radius 2 is 2.12 bits per heavy atom. The Kier molecular flexibility index (Phi) is 3.04. The van der Waals surface area contributed by atoms with Crippen LogP contribution in [0.15, 0.2) is 6.33 Å².